The number of esters is 1. The Labute approximate surface area is 202 Å². The van der Waals surface area contributed by atoms with E-state index in [4.69, 9.17) is 9.47 Å². The van der Waals surface area contributed by atoms with Crippen LogP contribution in [0.3, 0.4) is 0 Å². The van der Waals surface area contributed by atoms with Crippen LogP contribution in [0.15, 0.2) is 42.5 Å². The number of hydrogen-bond donors (Lipinski definition) is 2. The lowest BCUT2D eigenvalue weighted by Crippen LogP contribution is -2.46. The van der Waals surface area contributed by atoms with E-state index in [1.807, 2.05) is 6.07 Å². The molecule has 0 bridgehead atoms. The molecule has 2 aromatic rings. The van der Waals surface area contributed by atoms with Gasteiger partial charge in [0.25, 0.3) is 0 Å². The van der Waals surface area contributed by atoms with Gasteiger partial charge in [0.2, 0.25) is 0 Å². The molecule has 6 heteroatoms. The van der Waals surface area contributed by atoms with Gasteiger partial charge in [-0.05, 0) is 75.1 Å². The number of aryl methyl sites for hydroxylation is 1. The highest BCUT2D eigenvalue weighted by Gasteiger charge is 2.28. The first kappa shape index (κ1) is 25.7. The number of aliphatic hydroxyl groups excluding tert-OH is 1. The molecule has 2 aromatic carbocycles. The SMILES string of the molecule is CCOC(=O)CCc1cccc(OC[C@@H](O)CNC(C)(C)CC2Cc3ccccc3C2)c1C#N. The van der Waals surface area contributed by atoms with Crippen LogP contribution in [0.4, 0.5) is 0 Å². The third-order valence-corrected chi connectivity index (χ3v) is 6.31. The number of fused-ring (bicyclic) bond motifs is 1. The zero-order valence-corrected chi connectivity index (χ0v) is 20.5. The van der Waals surface area contributed by atoms with E-state index in [1.165, 1.54) is 11.1 Å². The molecule has 0 saturated heterocycles. The number of carbonyl (C=O) groups excluding carboxylic acids is 1. The van der Waals surface area contributed by atoms with Crippen LogP contribution in [-0.2, 0) is 28.8 Å². The maximum absolute atomic E-state index is 11.7. The number of hydrogen-bond acceptors (Lipinski definition) is 6. The van der Waals surface area contributed by atoms with Crippen molar-refractivity contribution in [2.75, 3.05) is 19.8 Å². The van der Waals surface area contributed by atoms with Gasteiger partial charge in [0.05, 0.1) is 12.2 Å². The third-order valence-electron chi connectivity index (χ3n) is 6.31. The van der Waals surface area contributed by atoms with E-state index in [0.717, 1.165) is 24.8 Å². The van der Waals surface area contributed by atoms with E-state index >= 15 is 0 Å². The van der Waals surface area contributed by atoms with E-state index in [9.17, 15) is 15.2 Å². The van der Waals surface area contributed by atoms with Gasteiger partial charge in [-0.25, -0.2) is 0 Å². The van der Waals surface area contributed by atoms with Crippen molar-refractivity contribution in [2.45, 2.75) is 64.5 Å². The normalized spacial score (nSPS) is 14.3. The second-order valence-corrected chi connectivity index (χ2v) is 9.68. The average Bonchev–Trinajstić information content (AvgIpc) is 3.21. The number of nitrogens with one attached hydrogen (secondary N) is 1. The third kappa shape index (κ3) is 7.31. The molecule has 0 fully saturated rings. The Morgan fingerprint density at radius 2 is 1.91 bits per heavy atom. The average molecular weight is 465 g/mol. The van der Waals surface area contributed by atoms with Crippen molar-refractivity contribution in [3.05, 3.63) is 64.7 Å². The summed E-state index contributed by atoms with van der Waals surface area (Å²) >= 11 is 0. The monoisotopic (exact) mass is 464 g/mol. The summed E-state index contributed by atoms with van der Waals surface area (Å²) < 4.78 is 10.8. The molecule has 0 aliphatic heterocycles. The van der Waals surface area contributed by atoms with Crippen molar-refractivity contribution in [3.63, 3.8) is 0 Å². The lowest BCUT2D eigenvalue weighted by atomic mass is 9.88. The largest absolute Gasteiger partial charge is 0.489 e. The number of aliphatic hydroxyl groups is 1. The van der Waals surface area contributed by atoms with Gasteiger partial charge in [-0.15, -0.1) is 0 Å². The minimum atomic E-state index is -0.713. The molecule has 1 aliphatic carbocycles. The minimum absolute atomic E-state index is 0.0773. The first-order chi connectivity index (χ1) is 16.3. The van der Waals surface area contributed by atoms with Crippen LogP contribution in [0, 0.1) is 17.2 Å². The maximum Gasteiger partial charge on any atom is 0.306 e. The van der Waals surface area contributed by atoms with Gasteiger partial charge in [-0.3, -0.25) is 4.79 Å². The van der Waals surface area contributed by atoms with Gasteiger partial charge >= 0.3 is 5.97 Å². The molecule has 6 nitrogen and oxygen atoms in total. The molecule has 182 valence electrons. The molecule has 34 heavy (non-hydrogen) atoms. The predicted octanol–water partition coefficient (Wildman–Crippen LogP) is 3.97. The Kier molecular flexibility index (Phi) is 9.09. The summed E-state index contributed by atoms with van der Waals surface area (Å²) in [6, 6.07) is 16.2. The van der Waals surface area contributed by atoms with Gasteiger partial charge < -0.3 is 19.9 Å². The molecule has 1 aliphatic rings. The number of nitriles is 1. The van der Waals surface area contributed by atoms with Gasteiger partial charge in [0.15, 0.2) is 0 Å². The summed E-state index contributed by atoms with van der Waals surface area (Å²) in [6.45, 7) is 6.92. The molecule has 0 aromatic heterocycles. The van der Waals surface area contributed by atoms with Crippen LogP contribution in [0.5, 0.6) is 5.75 Å². The van der Waals surface area contributed by atoms with Gasteiger partial charge in [-0.2, -0.15) is 5.26 Å². The van der Waals surface area contributed by atoms with Crippen LogP contribution < -0.4 is 10.1 Å². The van der Waals surface area contributed by atoms with Crippen molar-refractivity contribution in [2.24, 2.45) is 5.92 Å². The molecule has 3 rings (SSSR count). The maximum atomic E-state index is 11.7. The predicted molar refractivity (Wildman–Crippen MR) is 132 cm³/mol. The molecule has 0 spiro atoms. The topological polar surface area (TPSA) is 91.6 Å². The Bertz CT molecular complexity index is 987. The molecular formula is C28H36N2O4. The number of benzene rings is 2. The molecule has 0 saturated carbocycles. The van der Waals surface area contributed by atoms with Crippen LogP contribution in [-0.4, -0.2) is 42.5 Å². The Balaban J connectivity index is 1.47. The highest BCUT2D eigenvalue weighted by molar-refractivity contribution is 5.70. The second-order valence-electron chi connectivity index (χ2n) is 9.68. The van der Waals surface area contributed by atoms with E-state index in [2.05, 4.69) is 49.5 Å². The quantitative estimate of drug-likeness (QED) is 0.462. The second kappa shape index (κ2) is 12.0. The number of nitrogens with zero attached hydrogens (tertiary/aromatic N) is 1. The highest BCUT2D eigenvalue weighted by Crippen LogP contribution is 2.32. The molecule has 0 amide bonds. The summed E-state index contributed by atoms with van der Waals surface area (Å²) in [5, 5.41) is 23.6. The number of carbonyl (C=O) groups is 1. The van der Waals surface area contributed by atoms with Crippen LogP contribution in [0.1, 0.15) is 55.9 Å². The van der Waals surface area contributed by atoms with Crippen molar-refractivity contribution >= 4 is 5.97 Å². The van der Waals surface area contributed by atoms with Crippen LogP contribution in [0.2, 0.25) is 0 Å². The first-order valence-electron chi connectivity index (χ1n) is 12.1. The standard InChI is InChI=1S/C28H36N2O4/c1-4-33-27(32)13-12-21-10-7-11-26(25(21)17-29)34-19-24(31)18-30-28(2,3)16-20-14-22-8-5-6-9-23(22)15-20/h5-11,20,24,30-31H,4,12-16,18-19H2,1-3H3/t24-/m0/s1. The summed E-state index contributed by atoms with van der Waals surface area (Å²) in [4.78, 5) is 11.7. The molecule has 2 N–H and O–H groups in total. The fourth-order valence-electron chi connectivity index (χ4n) is 4.73. The molecule has 1 atom stereocenters. The molecular weight excluding hydrogens is 428 g/mol. The molecule has 0 radical (unpaired) electrons. The number of rotatable bonds is 12. The van der Waals surface area contributed by atoms with Crippen molar-refractivity contribution < 1.29 is 19.4 Å². The fraction of sp³-hybridized carbons (Fsp3) is 0.500. The molecule has 0 unspecified atom stereocenters. The van der Waals surface area contributed by atoms with E-state index < -0.39 is 6.10 Å². The first-order valence-corrected chi connectivity index (χ1v) is 12.1. The van der Waals surface area contributed by atoms with Gasteiger partial charge in [0.1, 0.15) is 24.5 Å². The summed E-state index contributed by atoms with van der Waals surface area (Å²) in [5.41, 5.74) is 3.93. The van der Waals surface area contributed by atoms with Gasteiger partial charge in [0, 0.05) is 18.5 Å². The van der Waals surface area contributed by atoms with E-state index in [-0.39, 0.29) is 24.5 Å². The fourth-order valence-corrected chi connectivity index (χ4v) is 4.73. The zero-order valence-electron chi connectivity index (χ0n) is 20.5. The molecule has 0 heterocycles. The van der Waals surface area contributed by atoms with Crippen molar-refractivity contribution in [1.82, 2.24) is 5.32 Å². The smallest absolute Gasteiger partial charge is 0.306 e. The Morgan fingerprint density at radius 3 is 2.56 bits per heavy atom. The summed E-state index contributed by atoms with van der Waals surface area (Å²) in [5.74, 6) is 0.734. The van der Waals surface area contributed by atoms with Crippen molar-refractivity contribution in [3.8, 4) is 11.8 Å². The van der Waals surface area contributed by atoms with Gasteiger partial charge in [-0.1, -0.05) is 36.4 Å². The highest BCUT2D eigenvalue weighted by atomic mass is 16.5. The van der Waals surface area contributed by atoms with Crippen molar-refractivity contribution in [1.29, 1.82) is 5.26 Å². The van der Waals surface area contributed by atoms with Crippen LogP contribution >= 0.6 is 0 Å². The Morgan fingerprint density at radius 1 is 1.21 bits per heavy atom. The van der Waals surface area contributed by atoms with E-state index in [1.54, 1.807) is 19.1 Å². The van der Waals surface area contributed by atoms with E-state index in [0.29, 0.717) is 36.8 Å². The number of β-amino-alcohol motifs (C(OH)–C–C–N with tert-alkyl or cyclic N) is 1. The lowest BCUT2D eigenvalue weighted by molar-refractivity contribution is -0.143. The zero-order chi connectivity index (χ0) is 24.6. The number of ether oxygens (including phenoxy) is 2. The summed E-state index contributed by atoms with van der Waals surface area (Å²) in [6.07, 6.45) is 3.14. The lowest BCUT2D eigenvalue weighted by Gasteiger charge is -2.30. The summed E-state index contributed by atoms with van der Waals surface area (Å²) in [7, 11) is 0. The minimum Gasteiger partial charge on any atom is -0.489 e. The Hall–Kier alpha value is -2.88. The van der Waals surface area contributed by atoms with Crippen LogP contribution in [0.25, 0.3) is 0 Å².